The third kappa shape index (κ3) is 3.83. The highest BCUT2D eigenvalue weighted by atomic mass is 15.0. The van der Waals surface area contributed by atoms with Crippen LogP contribution in [0.3, 0.4) is 0 Å². The van der Waals surface area contributed by atoms with Gasteiger partial charge in [0.05, 0.1) is 0 Å². The first kappa shape index (κ1) is 12.6. The molecule has 2 unspecified atom stereocenters. The highest BCUT2D eigenvalue weighted by Crippen LogP contribution is 2.34. The Morgan fingerprint density at radius 3 is 2.59 bits per heavy atom. The molecular weight excluding hydrogens is 208 g/mol. The molecule has 0 saturated heterocycles. The topological polar surface area (TPSA) is 38.0 Å². The molecule has 17 heavy (non-hydrogen) atoms. The summed E-state index contributed by atoms with van der Waals surface area (Å²) in [6.07, 6.45) is 5.05. The first-order chi connectivity index (χ1) is 8.33. The average molecular weight is 232 g/mol. The van der Waals surface area contributed by atoms with Crippen LogP contribution < -0.4 is 11.1 Å². The normalized spacial score (nSPS) is 22.7. The number of hydrogen-bond donors (Lipinski definition) is 2. The summed E-state index contributed by atoms with van der Waals surface area (Å²) in [6, 6.07) is 9.60. The van der Waals surface area contributed by atoms with Gasteiger partial charge in [0.1, 0.15) is 0 Å². The zero-order valence-electron chi connectivity index (χ0n) is 10.8. The molecule has 1 aliphatic rings. The second-order valence-corrected chi connectivity index (χ2v) is 5.13. The van der Waals surface area contributed by atoms with Crippen molar-refractivity contribution in [2.45, 2.75) is 45.2 Å². The Morgan fingerprint density at radius 1 is 1.24 bits per heavy atom. The fourth-order valence-electron chi connectivity index (χ4n) is 2.43. The van der Waals surface area contributed by atoms with Crippen molar-refractivity contribution in [2.75, 3.05) is 6.54 Å². The van der Waals surface area contributed by atoms with Crippen LogP contribution in [0, 0.1) is 5.92 Å². The van der Waals surface area contributed by atoms with Crippen LogP contribution in [0.4, 0.5) is 0 Å². The second-order valence-electron chi connectivity index (χ2n) is 5.13. The van der Waals surface area contributed by atoms with E-state index in [1.807, 2.05) is 0 Å². The predicted octanol–water partition coefficient (Wildman–Crippen LogP) is 2.47. The van der Waals surface area contributed by atoms with Crippen molar-refractivity contribution in [3.63, 3.8) is 0 Å². The van der Waals surface area contributed by atoms with Crippen molar-refractivity contribution in [1.29, 1.82) is 0 Å². The summed E-state index contributed by atoms with van der Waals surface area (Å²) in [5.74, 6) is 0.941. The van der Waals surface area contributed by atoms with E-state index in [1.165, 1.54) is 30.4 Å². The van der Waals surface area contributed by atoms with Crippen LogP contribution in [0.5, 0.6) is 0 Å². The van der Waals surface area contributed by atoms with Crippen molar-refractivity contribution < 1.29 is 0 Å². The molecule has 0 amide bonds. The van der Waals surface area contributed by atoms with E-state index in [1.54, 1.807) is 0 Å². The molecule has 2 nitrogen and oxygen atoms in total. The summed E-state index contributed by atoms with van der Waals surface area (Å²) in [4.78, 5) is 0. The van der Waals surface area contributed by atoms with Gasteiger partial charge in [0.15, 0.2) is 0 Å². The van der Waals surface area contributed by atoms with Gasteiger partial charge in [-0.15, -0.1) is 0 Å². The van der Waals surface area contributed by atoms with Crippen LogP contribution in [-0.4, -0.2) is 12.6 Å². The van der Waals surface area contributed by atoms with Gasteiger partial charge < -0.3 is 11.1 Å². The Hall–Kier alpha value is -0.860. The van der Waals surface area contributed by atoms with E-state index in [4.69, 9.17) is 5.73 Å². The third-order valence-corrected chi connectivity index (χ3v) is 3.61. The maximum absolute atomic E-state index is 5.54. The van der Waals surface area contributed by atoms with E-state index in [2.05, 4.69) is 36.5 Å². The van der Waals surface area contributed by atoms with Gasteiger partial charge in [-0.25, -0.2) is 0 Å². The van der Waals surface area contributed by atoms with Crippen LogP contribution in [-0.2, 0) is 13.0 Å². The smallest absolute Gasteiger partial charge is 0.0208 e. The Labute approximate surface area is 105 Å². The van der Waals surface area contributed by atoms with Crippen molar-refractivity contribution >= 4 is 0 Å². The van der Waals surface area contributed by atoms with Gasteiger partial charge in [-0.3, -0.25) is 0 Å². The molecular formula is C15H24N2. The molecule has 1 aliphatic carbocycles. The summed E-state index contributed by atoms with van der Waals surface area (Å²) < 4.78 is 0. The summed E-state index contributed by atoms with van der Waals surface area (Å²) >= 11 is 0. The van der Waals surface area contributed by atoms with E-state index in [-0.39, 0.29) is 0 Å². The summed E-state index contributed by atoms with van der Waals surface area (Å²) in [5.41, 5.74) is 8.26. The first-order valence-corrected chi connectivity index (χ1v) is 6.84. The molecule has 94 valence electrons. The molecule has 0 spiro atoms. The van der Waals surface area contributed by atoms with Crippen LogP contribution in [0.1, 0.15) is 37.3 Å². The van der Waals surface area contributed by atoms with Crippen molar-refractivity contribution in [2.24, 2.45) is 11.7 Å². The van der Waals surface area contributed by atoms with Gasteiger partial charge in [0, 0.05) is 12.6 Å². The minimum atomic E-state index is 0.734. The number of rotatable bonds is 7. The Morgan fingerprint density at radius 2 is 1.94 bits per heavy atom. The fraction of sp³-hybridized carbons (Fsp3) is 0.600. The van der Waals surface area contributed by atoms with Crippen LogP contribution >= 0.6 is 0 Å². The molecule has 0 aromatic heterocycles. The minimum absolute atomic E-state index is 0.734. The molecule has 2 atom stereocenters. The van der Waals surface area contributed by atoms with E-state index < -0.39 is 0 Å². The lowest BCUT2D eigenvalue weighted by atomic mass is 10.1. The monoisotopic (exact) mass is 232 g/mol. The first-order valence-electron chi connectivity index (χ1n) is 6.84. The SMILES string of the molecule is CCCC1CC1NCc1ccc(CCN)cc1. The Kier molecular flexibility index (Phi) is 4.57. The van der Waals surface area contributed by atoms with Crippen LogP contribution in [0.15, 0.2) is 24.3 Å². The molecule has 1 aromatic carbocycles. The highest BCUT2D eigenvalue weighted by molar-refractivity contribution is 5.22. The molecule has 0 radical (unpaired) electrons. The molecule has 2 heteroatoms. The lowest BCUT2D eigenvalue weighted by Crippen LogP contribution is -2.17. The van der Waals surface area contributed by atoms with Gasteiger partial charge in [-0.05, 0) is 42.9 Å². The second kappa shape index (κ2) is 6.18. The summed E-state index contributed by atoms with van der Waals surface area (Å²) in [6.45, 7) is 4.01. The van der Waals surface area contributed by atoms with Crippen molar-refractivity contribution in [3.8, 4) is 0 Å². The number of benzene rings is 1. The molecule has 1 aromatic rings. The Bertz CT molecular complexity index is 331. The number of nitrogens with one attached hydrogen (secondary N) is 1. The number of nitrogens with two attached hydrogens (primary N) is 1. The standard InChI is InChI=1S/C15H24N2/c1-2-3-14-10-15(14)17-11-13-6-4-12(5-7-13)8-9-16/h4-7,14-15,17H,2-3,8-11,16H2,1H3. The third-order valence-electron chi connectivity index (χ3n) is 3.61. The maximum Gasteiger partial charge on any atom is 0.0208 e. The molecule has 0 aliphatic heterocycles. The molecule has 1 fully saturated rings. The average Bonchev–Trinajstić information content (AvgIpc) is 3.08. The van der Waals surface area contributed by atoms with Gasteiger partial charge in [-0.1, -0.05) is 37.6 Å². The lowest BCUT2D eigenvalue weighted by molar-refractivity contribution is 0.599. The number of hydrogen-bond acceptors (Lipinski definition) is 2. The Balaban J connectivity index is 1.72. The van der Waals surface area contributed by atoms with Crippen LogP contribution in [0.2, 0.25) is 0 Å². The van der Waals surface area contributed by atoms with Crippen molar-refractivity contribution in [1.82, 2.24) is 5.32 Å². The largest absolute Gasteiger partial charge is 0.330 e. The molecule has 3 N–H and O–H groups in total. The lowest BCUT2D eigenvalue weighted by Gasteiger charge is -2.05. The van der Waals surface area contributed by atoms with E-state index in [9.17, 15) is 0 Å². The van der Waals surface area contributed by atoms with E-state index in [0.717, 1.165) is 31.5 Å². The van der Waals surface area contributed by atoms with E-state index >= 15 is 0 Å². The zero-order chi connectivity index (χ0) is 12.1. The zero-order valence-corrected chi connectivity index (χ0v) is 10.8. The molecule has 0 bridgehead atoms. The van der Waals surface area contributed by atoms with Gasteiger partial charge in [-0.2, -0.15) is 0 Å². The van der Waals surface area contributed by atoms with Crippen LogP contribution in [0.25, 0.3) is 0 Å². The van der Waals surface area contributed by atoms with Gasteiger partial charge in [0.2, 0.25) is 0 Å². The quantitative estimate of drug-likeness (QED) is 0.758. The fourth-order valence-corrected chi connectivity index (χ4v) is 2.43. The molecule has 0 heterocycles. The maximum atomic E-state index is 5.54. The van der Waals surface area contributed by atoms with Gasteiger partial charge in [0.25, 0.3) is 0 Å². The van der Waals surface area contributed by atoms with Gasteiger partial charge >= 0.3 is 0 Å². The molecule has 2 rings (SSSR count). The minimum Gasteiger partial charge on any atom is -0.330 e. The highest BCUT2D eigenvalue weighted by Gasteiger charge is 2.35. The summed E-state index contributed by atoms with van der Waals surface area (Å²) in [7, 11) is 0. The summed E-state index contributed by atoms with van der Waals surface area (Å²) in [5, 5.41) is 3.63. The van der Waals surface area contributed by atoms with E-state index in [0.29, 0.717) is 0 Å². The predicted molar refractivity (Wildman–Crippen MR) is 72.8 cm³/mol. The van der Waals surface area contributed by atoms with Crippen molar-refractivity contribution in [3.05, 3.63) is 35.4 Å². The molecule has 1 saturated carbocycles.